The zero-order valence-corrected chi connectivity index (χ0v) is 16.2. The van der Waals surface area contributed by atoms with Gasteiger partial charge >= 0.3 is 12.0 Å². The third kappa shape index (κ3) is 3.42. The number of carboxylic acid groups (broad SMARTS) is 1. The monoisotopic (exact) mass is 407 g/mol. The molecule has 0 radical (unpaired) electrons. The summed E-state index contributed by atoms with van der Waals surface area (Å²) < 4.78 is 0. The number of aliphatic hydroxyl groups is 1. The topological polar surface area (TPSA) is 119 Å². The smallest absolute Gasteiger partial charge is 0.352 e. The molecule has 2 aromatic rings. The summed E-state index contributed by atoms with van der Waals surface area (Å²) in [7, 11) is 0. The van der Waals surface area contributed by atoms with Crippen LogP contribution in [0.4, 0.5) is 16.2 Å². The summed E-state index contributed by atoms with van der Waals surface area (Å²) in [5.41, 5.74) is 2.19. The fourth-order valence-electron chi connectivity index (χ4n) is 4.13. The highest BCUT2D eigenvalue weighted by atomic mass is 16.4. The van der Waals surface area contributed by atoms with Crippen molar-refractivity contribution in [3.05, 3.63) is 65.9 Å². The summed E-state index contributed by atoms with van der Waals surface area (Å²) in [6.45, 7) is 1.54. The number of urea groups is 1. The molecule has 2 aliphatic heterocycles. The Morgan fingerprint density at radius 2 is 1.73 bits per heavy atom. The van der Waals surface area contributed by atoms with Gasteiger partial charge in [-0.15, -0.1) is 0 Å². The number of carboxylic acids is 1. The quantitative estimate of drug-likeness (QED) is 0.568. The van der Waals surface area contributed by atoms with Crippen LogP contribution in [-0.2, 0) is 9.59 Å². The number of rotatable bonds is 5. The lowest BCUT2D eigenvalue weighted by Crippen LogP contribution is -2.61. The molecule has 0 unspecified atom stereocenters. The van der Waals surface area contributed by atoms with Gasteiger partial charge in [0.05, 0.1) is 18.1 Å². The lowest BCUT2D eigenvalue weighted by molar-refractivity contribution is -0.161. The van der Waals surface area contributed by atoms with Crippen molar-refractivity contribution in [2.75, 3.05) is 10.6 Å². The van der Waals surface area contributed by atoms with Crippen molar-refractivity contribution in [2.45, 2.75) is 25.5 Å². The van der Waals surface area contributed by atoms with Gasteiger partial charge in [-0.05, 0) is 48.7 Å². The minimum atomic E-state index is -1.19. The van der Waals surface area contributed by atoms with Crippen LogP contribution in [0.5, 0.6) is 0 Å². The van der Waals surface area contributed by atoms with Crippen molar-refractivity contribution >= 4 is 34.9 Å². The zero-order chi connectivity index (χ0) is 21.4. The Morgan fingerprint density at radius 1 is 1.07 bits per heavy atom. The van der Waals surface area contributed by atoms with Crippen molar-refractivity contribution in [3.63, 3.8) is 0 Å². The fourth-order valence-corrected chi connectivity index (χ4v) is 4.13. The molecule has 0 saturated carbocycles. The van der Waals surface area contributed by atoms with Crippen LogP contribution in [0, 0.1) is 5.92 Å². The number of carbonyl (C=O) groups excluding carboxylic acids is 2. The molecule has 1 fully saturated rings. The molecule has 3 amide bonds. The first-order chi connectivity index (χ1) is 14.4. The number of benzene rings is 2. The first kappa shape index (κ1) is 19.7. The molecule has 154 valence electrons. The van der Waals surface area contributed by atoms with Gasteiger partial charge < -0.3 is 25.7 Å². The van der Waals surface area contributed by atoms with E-state index in [0.29, 0.717) is 28.9 Å². The average molecular weight is 407 g/mol. The fraction of sp³-hybridized carbons (Fsp3) is 0.227. The molecule has 0 aromatic heterocycles. The minimum absolute atomic E-state index is 0.0622. The SMILES string of the molecule is C[C@@H](O)[C@H]1C(=O)N2C(C(=O)O)=C(c3cccc(NC(=O)Nc4ccccc4)c3)C[C@H]12. The van der Waals surface area contributed by atoms with Gasteiger partial charge in [0.2, 0.25) is 5.91 Å². The Hall–Kier alpha value is -3.65. The number of hydrogen-bond donors (Lipinski definition) is 4. The molecule has 0 bridgehead atoms. The van der Waals surface area contributed by atoms with E-state index < -0.39 is 24.0 Å². The van der Waals surface area contributed by atoms with Crippen LogP contribution in [-0.4, -0.2) is 45.2 Å². The van der Waals surface area contributed by atoms with Crippen molar-refractivity contribution in [1.29, 1.82) is 0 Å². The number of aliphatic hydroxyl groups excluding tert-OH is 1. The number of fused-ring (bicyclic) bond motifs is 1. The number of anilines is 2. The first-order valence-corrected chi connectivity index (χ1v) is 9.58. The van der Waals surface area contributed by atoms with Gasteiger partial charge in [0.1, 0.15) is 5.70 Å². The highest BCUT2D eigenvalue weighted by Gasteiger charge is 2.56. The molecule has 2 heterocycles. The number of nitrogens with one attached hydrogen (secondary N) is 2. The Morgan fingerprint density at radius 3 is 2.40 bits per heavy atom. The van der Waals surface area contributed by atoms with E-state index in [9.17, 15) is 24.6 Å². The highest BCUT2D eigenvalue weighted by Crippen LogP contribution is 2.47. The van der Waals surface area contributed by atoms with Crippen LogP contribution in [0.15, 0.2) is 60.3 Å². The summed E-state index contributed by atoms with van der Waals surface area (Å²) in [5.74, 6) is -2.17. The molecule has 30 heavy (non-hydrogen) atoms. The maximum atomic E-state index is 12.4. The third-order valence-corrected chi connectivity index (χ3v) is 5.43. The summed E-state index contributed by atoms with van der Waals surface area (Å²) in [6.07, 6.45) is -0.509. The number of β-lactam (4-membered cyclic amide) rings is 1. The molecule has 3 atom stereocenters. The van der Waals surface area contributed by atoms with Gasteiger partial charge in [-0.1, -0.05) is 30.3 Å². The van der Waals surface area contributed by atoms with Crippen molar-refractivity contribution in [3.8, 4) is 0 Å². The second-order valence-electron chi connectivity index (χ2n) is 7.40. The maximum Gasteiger partial charge on any atom is 0.352 e. The highest BCUT2D eigenvalue weighted by molar-refractivity contribution is 6.06. The van der Waals surface area contributed by atoms with E-state index in [1.165, 1.54) is 11.8 Å². The van der Waals surface area contributed by atoms with Crippen LogP contribution < -0.4 is 10.6 Å². The largest absolute Gasteiger partial charge is 0.477 e. The van der Waals surface area contributed by atoms with Crippen molar-refractivity contribution in [2.24, 2.45) is 5.92 Å². The predicted octanol–water partition coefficient (Wildman–Crippen LogP) is 2.74. The van der Waals surface area contributed by atoms with Gasteiger partial charge in [-0.3, -0.25) is 4.79 Å². The average Bonchev–Trinajstić information content (AvgIpc) is 3.04. The Kier molecular flexibility index (Phi) is 5.01. The van der Waals surface area contributed by atoms with Gasteiger partial charge in [0, 0.05) is 11.4 Å². The minimum Gasteiger partial charge on any atom is -0.477 e. The lowest BCUT2D eigenvalue weighted by atomic mass is 9.82. The molecule has 4 N–H and O–H groups in total. The Labute approximate surface area is 172 Å². The van der Waals surface area contributed by atoms with Crippen LogP contribution in [0.2, 0.25) is 0 Å². The summed E-state index contributed by atoms with van der Waals surface area (Å²) >= 11 is 0. The normalized spacial score (nSPS) is 21.0. The molecule has 2 aromatic carbocycles. The second kappa shape index (κ2) is 7.64. The maximum absolute atomic E-state index is 12.4. The number of amides is 3. The van der Waals surface area contributed by atoms with Crippen LogP contribution in [0.3, 0.4) is 0 Å². The van der Waals surface area contributed by atoms with E-state index >= 15 is 0 Å². The van der Waals surface area contributed by atoms with Gasteiger partial charge in [-0.25, -0.2) is 9.59 Å². The van der Waals surface area contributed by atoms with E-state index in [4.69, 9.17) is 0 Å². The number of aliphatic carboxylic acids is 1. The van der Waals surface area contributed by atoms with E-state index in [0.717, 1.165) is 0 Å². The molecule has 4 rings (SSSR count). The van der Waals surface area contributed by atoms with Crippen LogP contribution in [0.1, 0.15) is 18.9 Å². The number of nitrogens with zero attached hydrogens (tertiary/aromatic N) is 1. The lowest BCUT2D eigenvalue weighted by Gasteiger charge is -2.44. The first-order valence-electron chi connectivity index (χ1n) is 9.58. The molecule has 2 aliphatic rings. The van der Waals surface area contributed by atoms with Gasteiger partial charge in [-0.2, -0.15) is 0 Å². The molecule has 1 saturated heterocycles. The van der Waals surface area contributed by atoms with E-state index in [2.05, 4.69) is 10.6 Å². The van der Waals surface area contributed by atoms with Crippen molar-refractivity contribution < 1.29 is 24.6 Å². The molecule has 8 heteroatoms. The van der Waals surface area contributed by atoms with E-state index in [-0.39, 0.29) is 17.6 Å². The van der Waals surface area contributed by atoms with E-state index in [1.807, 2.05) is 18.2 Å². The van der Waals surface area contributed by atoms with Crippen molar-refractivity contribution in [1.82, 2.24) is 4.90 Å². The van der Waals surface area contributed by atoms with Gasteiger partial charge in [0.15, 0.2) is 0 Å². The molecule has 8 nitrogen and oxygen atoms in total. The number of hydrogen-bond acceptors (Lipinski definition) is 4. The standard InChI is InChI=1S/C22H21N3O5/c1-12(26)18-17-11-16(19(21(28)29)25(17)20(18)27)13-6-5-9-15(10-13)24-22(30)23-14-7-3-2-4-8-14/h2-10,12,17-18,26H,11H2,1H3,(H,28,29)(H2,23,24,30)/t12-,17-,18-/m1/s1. The zero-order valence-electron chi connectivity index (χ0n) is 16.2. The van der Waals surface area contributed by atoms with Crippen LogP contribution in [0.25, 0.3) is 5.57 Å². The molecule has 0 spiro atoms. The molecule has 0 aliphatic carbocycles. The third-order valence-electron chi connectivity index (χ3n) is 5.43. The summed E-state index contributed by atoms with van der Waals surface area (Å²) in [5, 5.41) is 25.0. The Bertz CT molecular complexity index is 1050. The van der Waals surface area contributed by atoms with Crippen LogP contribution >= 0.6 is 0 Å². The van der Waals surface area contributed by atoms with Gasteiger partial charge in [0.25, 0.3) is 0 Å². The molecular formula is C22H21N3O5. The molecular weight excluding hydrogens is 386 g/mol. The Balaban J connectivity index is 1.57. The summed E-state index contributed by atoms with van der Waals surface area (Å²) in [6, 6.07) is 15.0. The summed E-state index contributed by atoms with van der Waals surface area (Å²) in [4.78, 5) is 37.7. The van der Waals surface area contributed by atoms with E-state index in [1.54, 1.807) is 36.4 Å². The predicted molar refractivity (Wildman–Crippen MR) is 111 cm³/mol. The number of carbonyl (C=O) groups is 3. The second-order valence-corrected chi connectivity index (χ2v) is 7.40. The number of para-hydroxylation sites is 1.